The summed E-state index contributed by atoms with van der Waals surface area (Å²) in [6.07, 6.45) is 2.90. The van der Waals surface area contributed by atoms with Crippen LogP contribution in [0.2, 0.25) is 0 Å². The number of nitrogens with one attached hydrogen (secondary N) is 2. The van der Waals surface area contributed by atoms with Crippen LogP contribution in [-0.2, 0) is 10.0 Å². The minimum Gasteiger partial charge on any atom is -0.495 e. The van der Waals surface area contributed by atoms with Crippen LogP contribution in [0.1, 0.15) is 26.2 Å². The van der Waals surface area contributed by atoms with Crippen LogP contribution in [0.25, 0.3) is 0 Å². The molecule has 1 heterocycles. The van der Waals surface area contributed by atoms with Crippen molar-refractivity contribution in [2.24, 2.45) is 0 Å². The molecule has 0 aromatic heterocycles. The van der Waals surface area contributed by atoms with Gasteiger partial charge in [-0.15, -0.1) is 0 Å². The van der Waals surface area contributed by atoms with Crippen molar-refractivity contribution in [2.75, 3.05) is 32.1 Å². The lowest BCUT2D eigenvalue weighted by atomic mass is 10.2. The van der Waals surface area contributed by atoms with Crippen LogP contribution < -0.4 is 15.4 Å². The highest BCUT2D eigenvalue weighted by Gasteiger charge is 2.26. The van der Waals surface area contributed by atoms with Gasteiger partial charge in [-0.1, -0.05) is 6.42 Å². The third-order valence-electron chi connectivity index (χ3n) is 3.71. The Kier molecular flexibility index (Phi) is 6.20. The van der Waals surface area contributed by atoms with Gasteiger partial charge in [0.2, 0.25) is 10.0 Å². The number of rotatable bonds is 5. The predicted molar refractivity (Wildman–Crippen MR) is 95.5 cm³/mol. The fourth-order valence-electron chi connectivity index (χ4n) is 2.53. The van der Waals surface area contributed by atoms with Crippen molar-refractivity contribution < 1.29 is 13.2 Å². The van der Waals surface area contributed by atoms with E-state index in [1.807, 2.05) is 6.92 Å². The molecule has 0 aliphatic carbocycles. The van der Waals surface area contributed by atoms with E-state index in [1.54, 1.807) is 22.5 Å². The molecule has 8 heteroatoms. The number of hydrogen-bond acceptors (Lipinski definition) is 4. The molecule has 2 rings (SSSR count). The van der Waals surface area contributed by atoms with Crippen molar-refractivity contribution >= 4 is 33.0 Å². The fraction of sp³-hybridized carbons (Fsp3) is 0.533. The monoisotopic (exact) mass is 357 g/mol. The summed E-state index contributed by atoms with van der Waals surface area (Å²) < 4.78 is 32.3. The van der Waals surface area contributed by atoms with E-state index in [-0.39, 0.29) is 4.90 Å². The van der Waals surface area contributed by atoms with Gasteiger partial charge in [0.25, 0.3) is 0 Å². The second kappa shape index (κ2) is 7.94. The molecule has 23 heavy (non-hydrogen) atoms. The van der Waals surface area contributed by atoms with Crippen LogP contribution in [-0.4, -0.2) is 44.6 Å². The molecule has 1 fully saturated rings. The molecule has 1 aliphatic rings. The van der Waals surface area contributed by atoms with Crippen LogP contribution in [0.4, 0.5) is 5.69 Å². The van der Waals surface area contributed by atoms with Crippen molar-refractivity contribution in [3.8, 4) is 5.75 Å². The molecular formula is C15H23N3O3S2. The Hall–Kier alpha value is -1.38. The molecule has 6 nitrogen and oxygen atoms in total. The lowest BCUT2D eigenvalue weighted by Crippen LogP contribution is -2.35. The quantitative estimate of drug-likeness (QED) is 0.787. The summed E-state index contributed by atoms with van der Waals surface area (Å²) in [6.45, 7) is 3.77. The Bertz CT molecular complexity index is 656. The molecule has 0 spiro atoms. The molecule has 1 aromatic carbocycles. The third-order valence-corrected chi connectivity index (χ3v) is 5.85. The molecule has 1 aliphatic heterocycles. The summed E-state index contributed by atoms with van der Waals surface area (Å²) in [5.41, 5.74) is 0.538. The molecule has 1 aromatic rings. The van der Waals surface area contributed by atoms with Crippen molar-refractivity contribution in [1.29, 1.82) is 0 Å². The lowest BCUT2D eigenvalue weighted by Gasteiger charge is -2.26. The number of thiocarbonyl (C=S) groups is 1. The van der Waals surface area contributed by atoms with Gasteiger partial charge in [0.1, 0.15) is 5.75 Å². The number of piperidine rings is 1. The minimum absolute atomic E-state index is 0.252. The van der Waals surface area contributed by atoms with E-state index < -0.39 is 10.0 Å². The van der Waals surface area contributed by atoms with E-state index in [9.17, 15) is 8.42 Å². The molecule has 128 valence electrons. The first kappa shape index (κ1) is 18.0. The summed E-state index contributed by atoms with van der Waals surface area (Å²) in [4.78, 5) is 0.252. The maximum Gasteiger partial charge on any atom is 0.243 e. The summed E-state index contributed by atoms with van der Waals surface area (Å²) >= 11 is 5.17. The highest BCUT2D eigenvalue weighted by Crippen LogP contribution is 2.29. The van der Waals surface area contributed by atoms with Crippen LogP contribution in [0.5, 0.6) is 5.75 Å². The first-order valence-electron chi connectivity index (χ1n) is 7.72. The van der Waals surface area contributed by atoms with Gasteiger partial charge < -0.3 is 15.4 Å². The number of hydrogen-bond donors (Lipinski definition) is 2. The Morgan fingerprint density at radius 2 is 2.00 bits per heavy atom. The van der Waals surface area contributed by atoms with Crippen molar-refractivity contribution in [3.63, 3.8) is 0 Å². The SMILES string of the molecule is CCNC(=S)Nc1cc(S(=O)(=O)N2CCCCC2)ccc1OC. The molecule has 0 saturated carbocycles. The Labute approximate surface area is 143 Å². The van der Waals surface area contributed by atoms with E-state index in [4.69, 9.17) is 17.0 Å². The third kappa shape index (κ3) is 4.33. The van der Waals surface area contributed by atoms with Gasteiger partial charge >= 0.3 is 0 Å². The molecule has 0 bridgehead atoms. The van der Waals surface area contributed by atoms with Gasteiger partial charge in [-0.05, 0) is 50.2 Å². The number of anilines is 1. The van der Waals surface area contributed by atoms with Crippen LogP contribution in [0, 0.1) is 0 Å². The van der Waals surface area contributed by atoms with Crippen molar-refractivity contribution in [1.82, 2.24) is 9.62 Å². The second-order valence-electron chi connectivity index (χ2n) is 5.31. The van der Waals surface area contributed by atoms with E-state index >= 15 is 0 Å². The number of benzene rings is 1. The normalized spacial score (nSPS) is 15.9. The van der Waals surface area contributed by atoms with Crippen molar-refractivity contribution in [3.05, 3.63) is 18.2 Å². The van der Waals surface area contributed by atoms with Crippen LogP contribution in [0.15, 0.2) is 23.1 Å². The predicted octanol–water partition coefficient (Wildman–Crippen LogP) is 2.18. The average Bonchev–Trinajstić information content (AvgIpc) is 2.55. The standard InChI is InChI=1S/C15H23N3O3S2/c1-3-16-15(22)17-13-11-12(7-8-14(13)21-2)23(19,20)18-9-5-4-6-10-18/h7-8,11H,3-6,9-10H2,1-2H3,(H2,16,17,22). The van der Waals surface area contributed by atoms with Gasteiger partial charge in [0.15, 0.2) is 5.11 Å². The molecule has 0 amide bonds. The highest BCUT2D eigenvalue weighted by molar-refractivity contribution is 7.89. The Balaban J connectivity index is 2.30. The topological polar surface area (TPSA) is 70.7 Å². The van der Waals surface area contributed by atoms with Gasteiger partial charge in [-0.25, -0.2) is 8.42 Å². The molecular weight excluding hydrogens is 334 g/mol. The van der Waals surface area contributed by atoms with Gasteiger partial charge in [-0.2, -0.15) is 4.31 Å². The zero-order valence-corrected chi connectivity index (χ0v) is 15.1. The minimum atomic E-state index is -3.48. The van der Waals surface area contributed by atoms with Crippen molar-refractivity contribution in [2.45, 2.75) is 31.1 Å². The smallest absolute Gasteiger partial charge is 0.243 e. The first-order valence-corrected chi connectivity index (χ1v) is 9.57. The molecule has 0 radical (unpaired) electrons. The van der Waals surface area contributed by atoms with Crippen LogP contribution in [0.3, 0.4) is 0 Å². The highest BCUT2D eigenvalue weighted by atomic mass is 32.2. The van der Waals surface area contributed by atoms with E-state index in [1.165, 1.54) is 7.11 Å². The van der Waals surface area contributed by atoms with E-state index in [2.05, 4.69) is 10.6 Å². The summed E-state index contributed by atoms with van der Waals surface area (Å²) in [5.74, 6) is 0.544. The number of sulfonamides is 1. The molecule has 0 atom stereocenters. The zero-order chi connectivity index (χ0) is 16.9. The summed E-state index contributed by atoms with van der Waals surface area (Å²) in [7, 11) is -1.95. The van der Waals surface area contributed by atoms with Gasteiger partial charge in [-0.3, -0.25) is 0 Å². The number of methoxy groups -OCH3 is 1. The summed E-state index contributed by atoms with van der Waals surface area (Å²) in [5, 5.41) is 6.39. The zero-order valence-electron chi connectivity index (χ0n) is 13.5. The number of nitrogens with zero attached hydrogens (tertiary/aromatic N) is 1. The second-order valence-corrected chi connectivity index (χ2v) is 7.66. The molecule has 0 unspecified atom stereocenters. The maximum atomic E-state index is 12.8. The largest absolute Gasteiger partial charge is 0.495 e. The molecule has 2 N–H and O–H groups in total. The fourth-order valence-corrected chi connectivity index (χ4v) is 4.32. The lowest BCUT2D eigenvalue weighted by molar-refractivity contribution is 0.346. The Morgan fingerprint density at radius 1 is 1.30 bits per heavy atom. The summed E-state index contributed by atoms with van der Waals surface area (Å²) in [6, 6.07) is 4.80. The number of ether oxygens (including phenoxy) is 1. The average molecular weight is 358 g/mol. The van der Waals surface area contributed by atoms with Crippen LogP contribution >= 0.6 is 12.2 Å². The maximum absolute atomic E-state index is 12.8. The first-order chi connectivity index (χ1) is 11.0. The van der Waals surface area contributed by atoms with E-state index in [0.29, 0.717) is 36.2 Å². The van der Waals surface area contributed by atoms with E-state index in [0.717, 1.165) is 19.3 Å². The van der Waals surface area contributed by atoms with Gasteiger partial charge in [0.05, 0.1) is 17.7 Å². The Morgan fingerprint density at radius 3 is 2.61 bits per heavy atom. The molecule has 1 saturated heterocycles. The van der Waals surface area contributed by atoms with Gasteiger partial charge in [0, 0.05) is 19.6 Å².